The van der Waals surface area contributed by atoms with Crippen LogP contribution in [0.25, 0.3) is 0 Å². The van der Waals surface area contributed by atoms with Crippen molar-refractivity contribution in [3.63, 3.8) is 0 Å². The molecule has 0 aliphatic heterocycles. The molecule has 6 heteroatoms. The van der Waals surface area contributed by atoms with Gasteiger partial charge < -0.3 is 11.1 Å². The minimum absolute atomic E-state index is 0. The third-order valence-corrected chi connectivity index (χ3v) is 5.11. The van der Waals surface area contributed by atoms with E-state index in [0.717, 1.165) is 36.6 Å². The summed E-state index contributed by atoms with van der Waals surface area (Å²) in [6.07, 6.45) is 5.52. The van der Waals surface area contributed by atoms with Crippen molar-refractivity contribution in [1.29, 1.82) is 0 Å². The highest BCUT2D eigenvalue weighted by Crippen LogP contribution is 2.21. The molecule has 0 spiro atoms. The Morgan fingerprint density at radius 1 is 1.42 bits per heavy atom. The normalized spacial score (nSPS) is 22.6. The predicted molar refractivity (Wildman–Crippen MR) is 86.0 cm³/mol. The van der Waals surface area contributed by atoms with Gasteiger partial charge in [-0.1, -0.05) is 0 Å². The fourth-order valence-corrected chi connectivity index (χ4v) is 3.74. The maximum absolute atomic E-state index is 11.8. The van der Waals surface area contributed by atoms with Crippen LogP contribution in [0.3, 0.4) is 0 Å². The van der Waals surface area contributed by atoms with Crippen molar-refractivity contribution >= 4 is 45.6 Å². The standard InChI is InChI=1S/C13H19BrN2OS.ClH/c14-9-7-12(18-8-9)5-6-13(17)16-11-3-1-10(15)2-4-11;/h7-8,10-11H,1-6,15H2,(H,16,17);1H. The smallest absolute Gasteiger partial charge is 0.220 e. The predicted octanol–water partition coefficient (Wildman–Crippen LogP) is 3.25. The summed E-state index contributed by atoms with van der Waals surface area (Å²) in [6.45, 7) is 0. The topological polar surface area (TPSA) is 55.1 Å². The molecule has 0 atom stereocenters. The van der Waals surface area contributed by atoms with Crippen LogP contribution in [-0.4, -0.2) is 18.0 Å². The Morgan fingerprint density at radius 2 is 2.11 bits per heavy atom. The zero-order valence-electron chi connectivity index (χ0n) is 10.7. The fraction of sp³-hybridized carbons (Fsp3) is 0.615. The molecule has 1 aliphatic carbocycles. The lowest BCUT2D eigenvalue weighted by atomic mass is 9.92. The fourth-order valence-electron chi connectivity index (χ4n) is 2.29. The van der Waals surface area contributed by atoms with Gasteiger partial charge in [-0.3, -0.25) is 4.79 Å². The number of hydrogen-bond donors (Lipinski definition) is 2. The molecule has 3 nitrogen and oxygen atoms in total. The van der Waals surface area contributed by atoms with E-state index in [1.54, 1.807) is 11.3 Å². The summed E-state index contributed by atoms with van der Waals surface area (Å²) >= 11 is 5.12. The van der Waals surface area contributed by atoms with Crippen molar-refractivity contribution in [2.45, 2.75) is 50.6 Å². The van der Waals surface area contributed by atoms with E-state index in [2.05, 4.69) is 32.7 Å². The van der Waals surface area contributed by atoms with Gasteiger partial charge in [-0.2, -0.15) is 0 Å². The number of amides is 1. The first-order valence-corrected chi connectivity index (χ1v) is 8.08. The van der Waals surface area contributed by atoms with E-state index in [1.807, 2.05) is 0 Å². The Morgan fingerprint density at radius 3 is 2.68 bits per heavy atom. The lowest BCUT2D eigenvalue weighted by Gasteiger charge is -2.26. The number of carbonyl (C=O) groups is 1. The maximum Gasteiger partial charge on any atom is 0.220 e. The molecule has 0 aromatic carbocycles. The molecule has 19 heavy (non-hydrogen) atoms. The van der Waals surface area contributed by atoms with Gasteiger partial charge in [0, 0.05) is 33.2 Å². The summed E-state index contributed by atoms with van der Waals surface area (Å²) in [4.78, 5) is 13.1. The molecule has 0 bridgehead atoms. The number of nitrogens with two attached hydrogens (primary N) is 1. The van der Waals surface area contributed by atoms with Crippen molar-refractivity contribution in [2.75, 3.05) is 0 Å². The van der Waals surface area contributed by atoms with Crippen LogP contribution in [0.15, 0.2) is 15.9 Å². The summed E-state index contributed by atoms with van der Waals surface area (Å²) < 4.78 is 1.10. The summed E-state index contributed by atoms with van der Waals surface area (Å²) in [5, 5.41) is 5.17. The Hall–Kier alpha value is -0.100. The number of hydrogen-bond acceptors (Lipinski definition) is 3. The van der Waals surface area contributed by atoms with Crippen molar-refractivity contribution in [3.05, 3.63) is 20.8 Å². The highest BCUT2D eigenvalue weighted by Gasteiger charge is 2.19. The molecule has 1 aromatic heterocycles. The molecule has 108 valence electrons. The average Bonchev–Trinajstić information content (AvgIpc) is 2.76. The molecule has 0 unspecified atom stereocenters. The van der Waals surface area contributed by atoms with E-state index in [1.165, 1.54) is 4.88 Å². The number of carbonyl (C=O) groups excluding carboxylic acids is 1. The zero-order valence-corrected chi connectivity index (χ0v) is 14.0. The second-order valence-corrected chi connectivity index (χ2v) is 6.82. The number of aryl methyl sites for hydroxylation is 1. The summed E-state index contributed by atoms with van der Waals surface area (Å²) in [5.74, 6) is 0.167. The van der Waals surface area contributed by atoms with Crippen LogP contribution < -0.4 is 11.1 Å². The molecule has 1 amide bonds. The zero-order chi connectivity index (χ0) is 13.0. The first-order valence-electron chi connectivity index (χ1n) is 6.41. The van der Waals surface area contributed by atoms with Gasteiger partial charge >= 0.3 is 0 Å². The van der Waals surface area contributed by atoms with E-state index in [9.17, 15) is 4.79 Å². The Balaban J connectivity index is 0.00000180. The Labute approximate surface area is 132 Å². The second kappa shape index (κ2) is 8.25. The van der Waals surface area contributed by atoms with Gasteiger partial charge in [-0.25, -0.2) is 0 Å². The van der Waals surface area contributed by atoms with E-state index in [-0.39, 0.29) is 18.3 Å². The minimum atomic E-state index is 0. The lowest BCUT2D eigenvalue weighted by Crippen LogP contribution is -2.40. The molecule has 1 aliphatic rings. The first-order chi connectivity index (χ1) is 8.63. The third kappa shape index (κ3) is 5.81. The van der Waals surface area contributed by atoms with Crippen molar-refractivity contribution in [2.24, 2.45) is 5.73 Å². The quantitative estimate of drug-likeness (QED) is 0.858. The summed E-state index contributed by atoms with van der Waals surface area (Å²) in [7, 11) is 0. The first kappa shape index (κ1) is 17.0. The van der Waals surface area contributed by atoms with Crippen molar-refractivity contribution in [3.8, 4) is 0 Å². The molecular formula is C13H20BrClN2OS. The van der Waals surface area contributed by atoms with Gasteiger partial charge in [0.2, 0.25) is 5.91 Å². The molecule has 1 aromatic rings. The number of halogens is 2. The Kier molecular flexibility index (Phi) is 7.36. The average molecular weight is 368 g/mol. The summed E-state index contributed by atoms with van der Waals surface area (Å²) in [5.41, 5.74) is 5.85. The minimum Gasteiger partial charge on any atom is -0.353 e. The number of thiophene rings is 1. The highest BCUT2D eigenvalue weighted by molar-refractivity contribution is 9.10. The van der Waals surface area contributed by atoms with Gasteiger partial charge in [-0.05, 0) is 54.1 Å². The third-order valence-electron chi connectivity index (χ3n) is 3.36. The van der Waals surface area contributed by atoms with Crippen LogP contribution in [0, 0.1) is 0 Å². The number of nitrogens with one attached hydrogen (secondary N) is 1. The highest BCUT2D eigenvalue weighted by atomic mass is 79.9. The van der Waals surface area contributed by atoms with Crippen LogP contribution >= 0.6 is 39.7 Å². The Bertz CT molecular complexity index is 405. The number of rotatable bonds is 4. The van der Waals surface area contributed by atoms with Gasteiger partial charge in [0.1, 0.15) is 0 Å². The van der Waals surface area contributed by atoms with E-state index >= 15 is 0 Å². The molecule has 0 radical (unpaired) electrons. The van der Waals surface area contributed by atoms with Crippen molar-refractivity contribution < 1.29 is 4.79 Å². The maximum atomic E-state index is 11.8. The van der Waals surface area contributed by atoms with Gasteiger partial charge in [-0.15, -0.1) is 23.7 Å². The molecule has 2 rings (SSSR count). The van der Waals surface area contributed by atoms with E-state index in [4.69, 9.17) is 5.73 Å². The van der Waals surface area contributed by atoms with E-state index in [0.29, 0.717) is 18.5 Å². The monoisotopic (exact) mass is 366 g/mol. The molecular weight excluding hydrogens is 348 g/mol. The van der Waals surface area contributed by atoms with Crippen LogP contribution in [0.4, 0.5) is 0 Å². The molecule has 0 saturated heterocycles. The second-order valence-electron chi connectivity index (χ2n) is 4.91. The molecule has 3 N–H and O–H groups in total. The van der Waals surface area contributed by atoms with Gasteiger partial charge in [0.25, 0.3) is 0 Å². The van der Waals surface area contributed by atoms with Crippen LogP contribution in [0.1, 0.15) is 37.0 Å². The van der Waals surface area contributed by atoms with Gasteiger partial charge in [0.05, 0.1) is 0 Å². The van der Waals surface area contributed by atoms with E-state index < -0.39 is 0 Å². The lowest BCUT2D eigenvalue weighted by molar-refractivity contribution is -0.122. The SMILES string of the molecule is Cl.NC1CCC(NC(=O)CCc2cc(Br)cs2)CC1. The molecule has 1 fully saturated rings. The van der Waals surface area contributed by atoms with Crippen LogP contribution in [-0.2, 0) is 11.2 Å². The van der Waals surface area contributed by atoms with Crippen LogP contribution in [0.5, 0.6) is 0 Å². The largest absolute Gasteiger partial charge is 0.353 e. The van der Waals surface area contributed by atoms with Gasteiger partial charge in [0.15, 0.2) is 0 Å². The van der Waals surface area contributed by atoms with Crippen molar-refractivity contribution in [1.82, 2.24) is 5.32 Å². The molecule has 1 saturated carbocycles. The van der Waals surface area contributed by atoms with Crippen LogP contribution in [0.2, 0.25) is 0 Å². The summed E-state index contributed by atoms with van der Waals surface area (Å²) in [6, 6.07) is 2.76. The molecule has 1 heterocycles.